The quantitative estimate of drug-likeness (QED) is 0.610. The molecule has 7 nitrogen and oxygen atoms in total. The van der Waals surface area contributed by atoms with E-state index in [2.05, 4.69) is 0 Å². The van der Waals surface area contributed by atoms with E-state index in [1.807, 2.05) is 0 Å². The van der Waals surface area contributed by atoms with Gasteiger partial charge in [-0.05, 0) is 25.0 Å². The number of likely N-dealkylation sites (tertiary alicyclic amines) is 1. The van der Waals surface area contributed by atoms with E-state index in [9.17, 15) is 29.7 Å². The standard InChI is InChI=1S/C15H17NO6/c17-10-4-1-5-11(18)14(10)13(20)7-12(19)9-3-2-6-16(8-9)15(21)22/h1,4-5,9,17-18H,2-3,6-8H2,(H,21,22)/p-1. The fourth-order valence-corrected chi connectivity index (χ4v) is 2.61. The molecule has 118 valence electrons. The number of carboxylic acid groups (broad SMARTS) is 1. The molecule has 0 saturated carbocycles. The minimum atomic E-state index is -1.33. The second-order valence-corrected chi connectivity index (χ2v) is 5.29. The van der Waals surface area contributed by atoms with Crippen molar-refractivity contribution in [1.29, 1.82) is 0 Å². The fourth-order valence-electron chi connectivity index (χ4n) is 2.61. The van der Waals surface area contributed by atoms with Crippen molar-refractivity contribution in [3.63, 3.8) is 0 Å². The number of carbonyl (C=O) groups excluding carboxylic acids is 3. The van der Waals surface area contributed by atoms with Crippen LogP contribution < -0.4 is 5.11 Å². The third-order valence-corrected chi connectivity index (χ3v) is 3.77. The normalized spacial score (nSPS) is 18.0. The molecule has 0 bridgehead atoms. The van der Waals surface area contributed by atoms with Crippen LogP contribution in [0.2, 0.25) is 0 Å². The van der Waals surface area contributed by atoms with Gasteiger partial charge in [0.05, 0.1) is 6.42 Å². The number of hydrogen-bond donors (Lipinski definition) is 2. The average molecular weight is 306 g/mol. The lowest BCUT2D eigenvalue weighted by atomic mass is 9.90. The molecule has 1 fully saturated rings. The summed E-state index contributed by atoms with van der Waals surface area (Å²) < 4.78 is 0. The summed E-state index contributed by atoms with van der Waals surface area (Å²) in [6.07, 6.45) is -0.790. The van der Waals surface area contributed by atoms with E-state index in [1.54, 1.807) is 0 Å². The fraction of sp³-hybridized carbons (Fsp3) is 0.400. The predicted molar refractivity (Wildman–Crippen MR) is 73.4 cm³/mol. The van der Waals surface area contributed by atoms with Crippen molar-refractivity contribution in [3.8, 4) is 11.5 Å². The lowest BCUT2D eigenvalue weighted by Gasteiger charge is -2.33. The molecule has 0 radical (unpaired) electrons. The zero-order chi connectivity index (χ0) is 16.3. The highest BCUT2D eigenvalue weighted by Crippen LogP contribution is 2.28. The maximum absolute atomic E-state index is 12.1. The molecule has 1 saturated heterocycles. The Balaban J connectivity index is 2.05. The van der Waals surface area contributed by atoms with Crippen LogP contribution in [0.4, 0.5) is 4.79 Å². The minimum Gasteiger partial charge on any atom is -0.530 e. The minimum absolute atomic E-state index is 0.0151. The first-order valence-electron chi connectivity index (χ1n) is 6.93. The molecule has 1 aliphatic heterocycles. The molecule has 7 heteroatoms. The van der Waals surface area contributed by atoms with Gasteiger partial charge < -0.3 is 25.0 Å². The number of benzene rings is 1. The maximum atomic E-state index is 12.1. The third kappa shape index (κ3) is 3.36. The first-order valence-corrected chi connectivity index (χ1v) is 6.93. The van der Waals surface area contributed by atoms with Crippen LogP contribution in [-0.2, 0) is 4.79 Å². The predicted octanol–water partition coefficient (Wildman–Crippen LogP) is 0.295. The van der Waals surface area contributed by atoms with Gasteiger partial charge >= 0.3 is 0 Å². The number of ketones is 2. The third-order valence-electron chi connectivity index (χ3n) is 3.77. The summed E-state index contributed by atoms with van der Waals surface area (Å²) in [7, 11) is 0. The second-order valence-electron chi connectivity index (χ2n) is 5.29. The largest absolute Gasteiger partial charge is 0.530 e. The number of Topliss-reactive ketones (excluding diaryl/α,β-unsaturated/α-hetero) is 2. The molecule has 2 rings (SSSR count). The van der Waals surface area contributed by atoms with Crippen molar-refractivity contribution in [1.82, 2.24) is 4.90 Å². The Morgan fingerprint density at radius 1 is 1.23 bits per heavy atom. The molecular formula is C15H16NO6-. The summed E-state index contributed by atoms with van der Waals surface area (Å²) in [5, 5.41) is 30.1. The number of phenols is 2. The number of phenolic OH excluding ortho intramolecular Hbond substituents is 2. The zero-order valence-corrected chi connectivity index (χ0v) is 11.8. The van der Waals surface area contributed by atoms with Crippen molar-refractivity contribution in [2.24, 2.45) is 5.92 Å². The molecule has 1 heterocycles. The summed E-state index contributed by atoms with van der Waals surface area (Å²) >= 11 is 0. The van der Waals surface area contributed by atoms with E-state index in [0.29, 0.717) is 19.4 Å². The van der Waals surface area contributed by atoms with Crippen molar-refractivity contribution in [3.05, 3.63) is 23.8 Å². The summed E-state index contributed by atoms with van der Waals surface area (Å²) in [6.45, 7) is 0.335. The van der Waals surface area contributed by atoms with Gasteiger partial charge in [-0.15, -0.1) is 0 Å². The molecule has 0 aliphatic carbocycles. The Morgan fingerprint density at radius 2 is 1.86 bits per heavy atom. The van der Waals surface area contributed by atoms with Crippen LogP contribution in [-0.4, -0.2) is 45.9 Å². The first-order chi connectivity index (χ1) is 10.4. The second kappa shape index (κ2) is 6.46. The number of piperidine rings is 1. The molecular weight excluding hydrogens is 290 g/mol. The van der Waals surface area contributed by atoms with Crippen molar-refractivity contribution in [2.45, 2.75) is 19.3 Å². The van der Waals surface area contributed by atoms with E-state index in [1.165, 1.54) is 18.2 Å². The van der Waals surface area contributed by atoms with Gasteiger partial charge in [-0.3, -0.25) is 9.59 Å². The monoisotopic (exact) mass is 306 g/mol. The summed E-state index contributed by atoms with van der Waals surface area (Å²) in [5.74, 6) is -2.44. The zero-order valence-electron chi connectivity index (χ0n) is 11.8. The van der Waals surface area contributed by atoms with Crippen LogP contribution >= 0.6 is 0 Å². The van der Waals surface area contributed by atoms with Crippen LogP contribution in [0.3, 0.4) is 0 Å². The highest BCUT2D eigenvalue weighted by atomic mass is 16.4. The van der Waals surface area contributed by atoms with Crippen molar-refractivity contribution in [2.75, 3.05) is 13.1 Å². The number of nitrogens with zero attached hydrogens (tertiary/aromatic N) is 1. The topological polar surface area (TPSA) is 118 Å². The average Bonchev–Trinajstić information content (AvgIpc) is 2.47. The van der Waals surface area contributed by atoms with E-state index < -0.39 is 41.5 Å². The van der Waals surface area contributed by atoms with Crippen LogP contribution in [0.1, 0.15) is 29.6 Å². The Bertz CT molecular complexity index is 592. The molecule has 0 aromatic heterocycles. The molecule has 1 amide bonds. The Hall–Kier alpha value is -2.57. The number of hydrogen-bond acceptors (Lipinski definition) is 6. The molecule has 1 aliphatic rings. The van der Waals surface area contributed by atoms with Crippen LogP contribution in [0, 0.1) is 5.92 Å². The molecule has 1 aromatic rings. The smallest absolute Gasteiger partial charge is 0.177 e. The van der Waals surface area contributed by atoms with E-state index >= 15 is 0 Å². The highest BCUT2D eigenvalue weighted by Gasteiger charge is 2.28. The highest BCUT2D eigenvalue weighted by molar-refractivity contribution is 6.11. The van der Waals surface area contributed by atoms with Gasteiger partial charge in [0.1, 0.15) is 28.9 Å². The number of aromatic hydroxyl groups is 2. The maximum Gasteiger partial charge on any atom is 0.177 e. The van der Waals surface area contributed by atoms with E-state index in [4.69, 9.17) is 0 Å². The van der Waals surface area contributed by atoms with Gasteiger partial charge in [0, 0.05) is 19.0 Å². The van der Waals surface area contributed by atoms with Crippen molar-refractivity contribution < 1.29 is 29.7 Å². The Kier molecular flexibility index (Phi) is 4.65. The van der Waals surface area contributed by atoms with Gasteiger partial charge in [0.25, 0.3) is 0 Å². The first kappa shape index (κ1) is 15.8. The number of rotatable bonds is 4. The van der Waals surface area contributed by atoms with Gasteiger partial charge in [-0.1, -0.05) is 6.07 Å². The lowest BCUT2D eigenvalue weighted by Crippen LogP contribution is -2.48. The summed E-state index contributed by atoms with van der Waals surface area (Å²) in [5.41, 5.74) is -0.289. The molecule has 22 heavy (non-hydrogen) atoms. The Morgan fingerprint density at radius 3 is 2.45 bits per heavy atom. The van der Waals surface area contributed by atoms with Gasteiger partial charge in [-0.25, -0.2) is 0 Å². The SMILES string of the molecule is O=C(CC(=O)C1CCCN(C(=O)[O-])C1)c1c(O)cccc1O. The summed E-state index contributed by atoms with van der Waals surface area (Å²) in [4.78, 5) is 36.1. The number of amides is 1. The van der Waals surface area contributed by atoms with E-state index in [-0.39, 0.29) is 12.1 Å². The van der Waals surface area contributed by atoms with Gasteiger partial charge in [0.2, 0.25) is 0 Å². The van der Waals surface area contributed by atoms with Gasteiger partial charge in [0.15, 0.2) is 5.78 Å². The van der Waals surface area contributed by atoms with E-state index in [0.717, 1.165) is 4.90 Å². The van der Waals surface area contributed by atoms with Crippen molar-refractivity contribution >= 4 is 17.7 Å². The van der Waals surface area contributed by atoms with Crippen LogP contribution in [0.5, 0.6) is 11.5 Å². The van der Waals surface area contributed by atoms with Gasteiger partial charge in [-0.2, -0.15) is 0 Å². The molecule has 0 spiro atoms. The molecule has 1 aromatic carbocycles. The van der Waals surface area contributed by atoms with Crippen LogP contribution in [0.15, 0.2) is 18.2 Å². The lowest BCUT2D eigenvalue weighted by molar-refractivity contribution is -0.266. The molecule has 1 atom stereocenters. The summed E-state index contributed by atoms with van der Waals surface area (Å²) in [6, 6.07) is 3.87. The number of carbonyl (C=O) groups is 3. The molecule has 1 unspecified atom stereocenters. The Labute approximate surface area is 126 Å². The van der Waals surface area contributed by atoms with Crippen LogP contribution in [0.25, 0.3) is 0 Å². The molecule has 2 N–H and O–H groups in total.